The maximum atomic E-state index is 13.5. The van der Waals surface area contributed by atoms with Crippen molar-refractivity contribution in [1.29, 1.82) is 0 Å². The molecule has 0 aromatic heterocycles. The molecule has 1 nitrogen and oxygen atoms in total. The minimum atomic E-state index is -1.13. The van der Waals surface area contributed by atoms with Gasteiger partial charge in [-0.3, -0.25) is 0 Å². The van der Waals surface area contributed by atoms with Crippen molar-refractivity contribution in [3.63, 3.8) is 0 Å². The van der Waals surface area contributed by atoms with E-state index in [2.05, 4.69) is 0 Å². The molecule has 1 N–H and O–H groups in total. The van der Waals surface area contributed by atoms with E-state index in [1.54, 1.807) is 0 Å². The van der Waals surface area contributed by atoms with Gasteiger partial charge in [0.1, 0.15) is 5.82 Å². The van der Waals surface area contributed by atoms with Crippen molar-refractivity contribution in [2.45, 2.75) is 12.5 Å². The lowest BCUT2D eigenvalue weighted by atomic mass is 10.0. The highest BCUT2D eigenvalue weighted by molar-refractivity contribution is 6.31. The summed E-state index contributed by atoms with van der Waals surface area (Å²) in [6.45, 7) is 0. The minimum absolute atomic E-state index is 0.0351. The second-order valence-corrected chi connectivity index (χ2v) is 4.51. The van der Waals surface area contributed by atoms with E-state index >= 15 is 0 Å². The first-order valence-corrected chi connectivity index (χ1v) is 5.92. The van der Waals surface area contributed by atoms with Gasteiger partial charge in [-0.05, 0) is 29.3 Å². The molecule has 0 bridgehead atoms. The van der Waals surface area contributed by atoms with Gasteiger partial charge >= 0.3 is 0 Å². The first-order chi connectivity index (χ1) is 8.99. The van der Waals surface area contributed by atoms with Crippen molar-refractivity contribution in [2.75, 3.05) is 0 Å². The van der Waals surface area contributed by atoms with Gasteiger partial charge in [0.2, 0.25) is 0 Å². The normalized spacial score (nSPS) is 12.5. The van der Waals surface area contributed by atoms with Gasteiger partial charge in [0, 0.05) is 11.4 Å². The predicted molar refractivity (Wildman–Crippen MR) is 66.4 cm³/mol. The van der Waals surface area contributed by atoms with E-state index in [-0.39, 0.29) is 22.6 Å². The lowest BCUT2D eigenvalue weighted by Gasteiger charge is -2.13. The molecule has 0 amide bonds. The molecule has 1 unspecified atom stereocenters. The number of hydrogen-bond acceptors (Lipinski definition) is 1. The first-order valence-electron chi connectivity index (χ1n) is 5.55. The molecule has 0 spiro atoms. The average Bonchev–Trinajstić information content (AvgIpc) is 2.34. The van der Waals surface area contributed by atoms with Crippen LogP contribution in [0.2, 0.25) is 5.02 Å². The number of halogens is 4. The fourth-order valence-electron chi connectivity index (χ4n) is 1.80. The van der Waals surface area contributed by atoms with E-state index in [1.807, 2.05) is 0 Å². The summed E-state index contributed by atoms with van der Waals surface area (Å²) in [5.41, 5.74) is 0.305. The fourth-order valence-corrected chi connectivity index (χ4v) is 2.09. The van der Waals surface area contributed by atoms with Crippen molar-refractivity contribution >= 4 is 11.6 Å². The van der Waals surface area contributed by atoms with Crippen LogP contribution in [0.3, 0.4) is 0 Å². The predicted octanol–water partition coefficient (Wildman–Crippen LogP) is 4.03. The van der Waals surface area contributed by atoms with E-state index in [4.69, 9.17) is 11.6 Å². The zero-order chi connectivity index (χ0) is 14.0. The van der Waals surface area contributed by atoms with Crippen LogP contribution in [-0.2, 0) is 6.42 Å². The Labute approximate surface area is 113 Å². The Kier molecular flexibility index (Phi) is 4.12. The SMILES string of the molecule is OC(Cc1cccc(F)c1F)c1ccc(F)cc1Cl. The van der Waals surface area contributed by atoms with Gasteiger partial charge in [-0.15, -0.1) is 0 Å². The Morgan fingerprint density at radius 2 is 1.84 bits per heavy atom. The summed E-state index contributed by atoms with van der Waals surface area (Å²) in [6, 6.07) is 7.25. The second-order valence-electron chi connectivity index (χ2n) is 4.10. The second kappa shape index (κ2) is 5.63. The highest BCUT2D eigenvalue weighted by atomic mass is 35.5. The van der Waals surface area contributed by atoms with Crippen LogP contribution in [0.4, 0.5) is 13.2 Å². The van der Waals surface area contributed by atoms with Gasteiger partial charge in [-0.25, -0.2) is 13.2 Å². The van der Waals surface area contributed by atoms with Gasteiger partial charge in [0.05, 0.1) is 6.10 Å². The van der Waals surface area contributed by atoms with Crippen molar-refractivity contribution in [1.82, 2.24) is 0 Å². The summed E-state index contributed by atoms with van der Waals surface area (Å²) in [4.78, 5) is 0. The standard InChI is InChI=1S/C14H10ClF3O/c15-11-7-9(16)4-5-10(11)13(19)6-8-2-1-3-12(17)14(8)18/h1-5,7,13,19H,6H2. The summed E-state index contributed by atoms with van der Waals surface area (Å²) in [7, 11) is 0. The lowest BCUT2D eigenvalue weighted by molar-refractivity contribution is 0.177. The minimum Gasteiger partial charge on any atom is -0.388 e. The van der Waals surface area contributed by atoms with Crippen LogP contribution in [0.5, 0.6) is 0 Å². The Bertz CT molecular complexity index is 601. The summed E-state index contributed by atoms with van der Waals surface area (Å²) in [5, 5.41) is 10.0. The molecule has 0 aliphatic heterocycles. The Morgan fingerprint density at radius 3 is 2.53 bits per heavy atom. The quantitative estimate of drug-likeness (QED) is 0.903. The van der Waals surface area contributed by atoms with Gasteiger partial charge in [0.25, 0.3) is 0 Å². The van der Waals surface area contributed by atoms with E-state index in [0.717, 1.165) is 18.2 Å². The highest BCUT2D eigenvalue weighted by Gasteiger charge is 2.16. The number of benzene rings is 2. The topological polar surface area (TPSA) is 20.2 Å². The lowest BCUT2D eigenvalue weighted by Crippen LogP contribution is -2.05. The molecule has 100 valence electrons. The Balaban J connectivity index is 2.25. The molecule has 1 atom stereocenters. The molecule has 0 aliphatic rings. The van der Waals surface area contributed by atoms with Gasteiger partial charge < -0.3 is 5.11 Å². The maximum Gasteiger partial charge on any atom is 0.162 e. The summed E-state index contributed by atoms with van der Waals surface area (Å²) in [5.74, 6) is -2.51. The van der Waals surface area contributed by atoms with Crippen LogP contribution in [0, 0.1) is 17.5 Å². The van der Waals surface area contributed by atoms with Crippen LogP contribution in [0.1, 0.15) is 17.2 Å². The van der Waals surface area contributed by atoms with Crippen LogP contribution >= 0.6 is 11.6 Å². The highest BCUT2D eigenvalue weighted by Crippen LogP contribution is 2.27. The molecular formula is C14H10ClF3O. The van der Waals surface area contributed by atoms with Crippen molar-refractivity contribution < 1.29 is 18.3 Å². The zero-order valence-electron chi connectivity index (χ0n) is 9.71. The van der Waals surface area contributed by atoms with Crippen LogP contribution < -0.4 is 0 Å². The van der Waals surface area contributed by atoms with Crippen LogP contribution in [0.25, 0.3) is 0 Å². The Morgan fingerprint density at radius 1 is 1.11 bits per heavy atom. The molecule has 0 saturated carbocycles. The third kappa shape index (κ3) is 3.08. The molecule has 0 fully saturated rings. The number of hydrogen-bond donors (Lipinski definition) is 1. The molecule has 2 aromatic carbocycles. The van der Waals surface area contributed by atoms with Crippen molar-refractivity contribution in [2.24, 2.45) is 0 Å². The van der Waals surface area contributed by atoms with E-state index in [9.17, 15) is 18.3 Å². The maximum absolute atomic E-state index is 13.5. The molecule has 0 radical (unpaired) electrons. The average molecular weight is 287 g/mol. The van der Waals surface area contributed by atoms with Crippen molar-refractivity contribution in [3.8, 4) is 0 Å². The Hall–Kier alpha value is -1.52. The first kappa shape index (κ1) is 13.9. The molecule has 2 rings (SSSR count). The van der Waals surface area contributed by atoms with Crippen molar-refractivity contribution in [3.05, 3.63) is 70.0 Å². The fraction of sp³-hybridized carbons (Fsp3) is 0.143. The summed E-state index contributed by atoms with van der Waals surface area (Å²) < 4.78 is 39.4. The third-order valence-corrected chi connectivity index (χ3v) is 3.09. The number of rotatable bonds is 3. The molecule has 2 aromatic rings. The summed E-state index contributed by atoms with van der Waals surface area (Å²) >= 11 is 5.79. The molecule has 19 heavy (non-hydrogen) atoms. The van der Waals surface area contributed by atoms with Crippen LogP contribution in [-0.4, -0.2) is 5.11 Å². The molecule has 5 heteroatoms. The van der Waals surface area contributed by atoms with Crippen LogP contribution in [0.15, 0.2) is 36.4 Å². The van der Waals surface area contributed by atoms with Gasteiger partial charge in [-0.1, -0.05) is 29.8 Å². The smallest absolute Gasteiger partial charge is 0.162 e. The van der Waals surface area contributed by atoms with E-state index in [0.29, 0.717) is 0 Å². The monoisotopic (exact) mass is 286 g/mol. The molecular weight excluding hydrogens is 277 g/mol. The van der Waals surface area contributed by atoms with Gasteiger partial charge in [0.15, 0.2) is 11.6 Å². The largest absolute Gasteiger partial charge is 0.388 e. The van der Waals surface area contributed by atoms with E-state index in [1.165, 1.54) is 18.2 Å². The zero-order valence-corrected chi connectivity index (χ0v) is 10.5. The number of aliphatic hydroxyl groups excluding tert-OH is 1. The summed E-state index contributed by atoms with van der Waals surface area (Å²) in [6.07, 6.45) is -1.28. The number of aliphatic hydroxyl groups is 1. The van der Waals surface area contributed by atoms with E-state index < -0.39 is 23.6 Å². The van der Waals surface area contributed by atoms with Gasteiger partial charge in [-0.2, -0.15) is 0 Å². The third-order valence-electron chi connectivity index (χ3n) is 2.77. The molecule has 0 saturated heterocycles. The molecule has 0 heterocycles. The molecule has 0 aliphatic carbocycles.